The smallest absolute Gasteiger partial charge is 0.0120 e. The summed E-state index contributed by atoms with van der Waals surface area (Å²) < 4.78 is 0. The third kappa shape index (κ3) is 4.19. The Morgan fingerprint density at radius 3 is 2.53 bits per heavy atom. The van der Waals surface area contributed by atoms with Crippen LogP contribution in [0, 0.1) is 11.8 Å². The van der Waals surface area contributed by atoms with Crippen molar-refractivity contribution in [2.24, 2.45) is 11.8 Å². The van der Waals surface area contributed by atoms with Gasteiger partial charge >= 0.3 is 0 Å². The Morgan fingerprint density at radius 2 is 1.84 bits per heavy atom. The average molecular weight is 266 g/mol. The maximum Gasteiger partial charge on any atom is 0.0120 e. The first-order valence-electron chi connectivity index (χ1n) is 8.69. The molecule has 19 heavy (non-hydrogen) atoms. The maximum atomic E-state index is 3.74. The molecule has 0 aromatic carbocycles. The summed E-state index contributed by atoms with van der Waals surface area (Å²) in [5.74, 6) is 1.84. The Labute approximate surface area is 120 Å². The molecule has 1 saturated carbocycles. The SMILES string of the molecule is CCCNC1CCN(CCC2CCCC2)C(C)C1C. The molecule has 1 heterocycles. The van der Waals surface area contributed by atoms with Crippen LogP contribution in [0.15, 0.2) is 0 Å². The predicted octanol–water partition coefficient (Wildman–Crippen LogP) is 3.67. The number of hydrogen-bond acceptors (Lipinski definition) is 2. The fourth-order valence-electron chi connectivity index (χ4n) is 4.02. The maximum absolute atomic E-state index is 3.74. The Balaban J connectivity index is 1.74. The van der Waals surface area contributed by atoms with E-state index in [0.29, 0.717) is 0 Å². The third-order valence-electron chi connectivity index (χ3n) is 5.65. The van der Waals surface area contributed by atoms with Crippen LogP contribution < -0.4 is 5.32 Å². The van der Waals surface area contributed by atoms with Gasteiger partial charge in [-0.25, -0.2) is 0 Å². The lowest BCUT2D eigenvalue weighted by Crippen LogP contribution is -2.53. The van der Waals surface area contributed by atoms with Gasteiger partial charge in [0.2, 0.25) is 0 Å². The van der Waals surface area contributed by atoms with Crippen molar-refractivity contribution in [2.75, 3.05) is 19.6 Å². The van der Waals surface area contributed by atoms with E-state index in [2.05, 4.69) is 31.0 Å². The highest BCUT2D eigenvalue weighted by molar-refractivity contribution is 4.88. The molecule has 2 aliphatic rings. The van der Waals surface area contributed by atoms with Gasteiger partial charge in [0.15, 0.2) is 0 Å². The van der Waals surface area contributed by atoms with Gasteiger partial charge < -0.3 is 10.2 Å². The molecule has 0 amide bonds. The molecule has 2 fully saturated rings. The number of hydrogen-bond donors (Lipinski definition) is 1. The number of nitrogens with zero attached hydrogens (tertiary/aromatic N) is 1. The lowest BCUT2D eigenvalue weighted by Gasteiger charge is -2.43. The minimum absolute atomic E-state index is 0.748. The molecule has 1 N–H and O–H groups in total. The van der Waals surface area contributed by atoms with E-state index in [1.807, 2.05) is 0 Å². The molecule has 0 aromatic rings. The Bertz CT molecular complexity index is 248. The van der Waals surface area contributed by atoms with Crippen LogP contribution in [0.3, 0.4) is 0 Å². The van der Waals surface area contributed by atoms with Crippen LogP contribution in [-0.2, 0) is 0 Å². The zero-order valence-electron chi connectivity index (χ0n) is 13.3. The molecule has 2 heteroatoms. The van der Waals surface area contributed by atoms with E-state index in [0.717, 1.165) is 23.9 Å². The van der Waals surface area contributed by atoms with Crippen molar-refractivity contribution in [2.45, 2.75) is 77.8 Å². The van der Waals surface area contributed by atoms with E-state index in [1.165, 1.54) is 64.6 Å². The molecular formula is C17H34N2. The molecule has 0 aromatic heterocycles. The fourth-order valence-corrected chi connectivity index (χ4v) is 4.02. The van der Waals surface area contributed by atoms with Crippen molar-refractivity contribution in [3.05, 3.63) is 0 Å². The minimum atomic E-state index is 0.748. The Morgan fingerprint density at radius 1 is 1.11 bits per heavy atom. The fraction of sp³-hybridized carbons (Fsp3) is 1.00. The van der Waals surface area contributed by atoms with Gasteiger partial charge in [-0.15, -0.1) is 0 Å². The topological polar surface area (TPSA) is 15.3 Å². The molecule has 1 aliphatic heterocycles. The molecule has 3 atom stereocenters. The number of likely N-dealkylation sites (tertiary alicyclic amines) is 1. The standard InChI is InChI=1S/C17H34N2/c1-4-11-18-17-10-13-19(15(3)14(17)2)12-9-16-7-5-6-8-16/h14-18H,4-13H2,1-3H3. The molecule has 0 radical (unpaired) electrons. The summed E-state index contributed by atoms with van der Waals surface area (Å²) in [4.78, 5) is 2.76. The summed E-state index contributed by atoms with van der Waals surface area (Å²) >= 11 is 0. The summed E-state index contributed by atoms with van der Waals surface area (Å²) in [5.41, 5.74) is 0. The highest BCUT2D eigenvalue weighted by Gasteiger charge is 2.32. The number of piperidine rings is 1. The van der Waals surface area contributed by atoms with Crippen molar-refractivity contribution >= 4 is 0 Å². The van der Waals surface area contributed by atoms with E-state index in [-0.39, 0.29) is 0 Å². The van der Waals surface area contributed by atoms with Gasteiger partial charge in [0.25, 0.3) is 0 Å². The van der Waals surface area contributed by atoms with E-state index in [9.17, 15) is 0 Å². The molecule has 1 aliphatic carbocycles. The first-order valence-corrected chi connectivity index (χ1v) is 8.69. The van der Waals surface area contributed by atoms with Gasteiger partial charge in [0.1, 0.15) is 0 Å². The molecule has 1 saturated heterocycles. The van der Waals surface area contributed by atoms with Crippen LogP contribution >= 0.6 is 0 Å². The van der Waals surface area contributed by atoms with Crippen LogP contribution in [0.4, 0.5) is 0 Å². The van der Waals surface area contributed by atoms with Crippen LogP contribution in [0.5, 0.6) is 0 Å². The lowest BCUT2D eigenvalue weighted by atomic mass is 9.86. The summed E-state index contributed by atoms with van der Waals surface area (Å²) in [6.45, 7) is 11.0. The quantitative estimate of drug-likeness (QED) is 0.789. The largest absolute Gasteiger partial charge is 0.314 e. The normalized spacial score (nSPS) is 33.9. The zero-order chi connectivity index (χ0) is 13.7. The Hall–Kier alpha value is -0.0800. The number of rotatable bonds is 6. The predicted molar refractivity (Wildman–Crippen MR) is 83.5 cm³/mol. The molecule has 112 valence electrons. The minimum Gasteiger partial charge on any atom is -0.314 e. The van der Waals surface area contributed by atoms with E-state index in [1.54, 1.807) is 0 Å². The average Bonchev–Trinajstić information content (AvgIpc) is 2.92. The van der Waals surface area contributed by atoms with Crippen LogP contribution in [0.2, 0.25) is 0 Å². The van der Waals surface area contributed by atoms with Crippen molar-refractivity contribution < 1.29 is 0 Å². The highest BCUT2D eigenvalue weighted by Crippen LogP contribution is 2.29. The van der Waals surface area contributed by atoms with Crippen molar-refractivity contribution in [3.63, 3.8) is 0 Å². The van der Waals surface area contributed by atoms with Gasteiger partial charge in [-0.05, 0) is 57.7 Å². The molecule has 2 rings (SSSR count). The lowest BCUT2D eigenvalue weighted by molar-refractivity contribution is 0.0797. The van der Waals surface area contributed by atoms with Crippen molar-refractivity contribution in [3.8, 4) is 0 Å². The second-order valence-corrected chi connectivity index (χ2v) is 6.92. The van der Waals surface area contributed by atoms with Gasteiger partial charge in [-0.1, -0.05) is 39.5 Å². The molecular weight excluding hydrogens is 232 g/mol. The van der Waals surface area contributed by atoms with Gasteiger partial charge in [-0.2, -0.15) is 0 Å². The number of nitrogens with one attached hydrogen (secondary N) is 1. The van der Waals surface area contributed by atoms with Crippen molar-refractivity contribution in [1.29, 1.82) is 0 Å². The Kier molecular flexibility index (Phi) is 6.15. The highest BCUT2D eigenvalue weighted by atomic mass is 15.2. The molecule has 2 nitrogen and oxygen atoms in total. The second-order valence-electron chi connectivity index (χ2n) is 6.92. The summed E-state index contributed by atoms with van der Waals surface area (Å²) in [6, 6.07) is 1.50. The van der Waals surface area contributed by atoms with Gasteiger partial charge in [0, 0.05) is 12.1 Å². The molecule has 3 unspecified atom stereocenters. The van der Waals surface area contributed by atoms with Crippen LogP contribution in [0.1, 0.15) is 65.7 Å². The van der Waals surface area contributed by atoms with E-state index >= 15 is 0 Å². The molecule has 0 spiro atoms. The summed E-state index contributed by atoms with van der Waals surface area (Å²) in [7, 11) is 0. The van der Waals surface area contributed by atoms with Gasteiger partial charge in [0.05, 0.1) is 0 Å². The van der Waals surface area contributed by atoms with Crippen LogP contribution in [-0.4, -0.2) is 36.6 Å². The first kappa shape index (κ1) is 15.3. The third-order valence-corrected chi connectivity index (χ3v) is 5.65. The van der Waals surface area contributed by atoms with E-state index in [4.69, 9.17) is 0 Å². The van der Waals surface area contributed by atoms with E-state index < -0.39 is 0 Å². The zero-order valence-corrected chi connectivity index (χ0v) is 13.3. The monoisotopic (exact) mass is 266 g/mol. The first-order chi connectivity index (χ1) is 9.22. The molecule has 0 bridgehead atoms. The van der Waals surface area contributed by atoms with Gasteiger partial charge in [-0.3, -0.25) is 0 Å². The summed E-state index contributed by atoms with van der Waals surface area (Å²) in [5, 5.41) is 3.74. The summed E-state index contributed by atoms with van der Waals surface area (Å²) in [6.07, 6.45) is 10.0. The second kappa shape index (κ2) is 7.64. The van der Waals surface area contributed by atoms with Crippen molar-refractivity contribution in [1.82, 2.24) is 10.2 Å². The van der Waals surface area contributed by atoms with Crippen LogP contribution in [0.25, 0.3) is 0 Å².